The highest BCUT2D eigenvalue weighted by molar-refractivity contribution is 7.64. The van der Waals surface area contributed by atoms with E-state index in [2.05, 4.69) is 30.1 Å². The smallest absolute Gasteiger partial charge is 0.416 e. The van der Waals surface area contributed by atoms with E-state index >= 15 is 0 Å². The molecule has 1 N–H and O–H groups in total. The summed E-state index contributed by atoms with van der Waals surface area (Å²) in [6.45, 7) is 29.5. The van der Waals surface area contributed by atoms with Gasteiger partial charge in [-0.25, -0.2) is 23.7 Å². The number of amides is 2. The van der Waals surface area contributed by atoms with E-state index in [-0.39, 0.29) is 75.5 Å². The topological polar surface area (TPSA) is 319 Å². The molecule has 4 aromatic heterocycles. The lowest BCUT2D eigenvalue weighted by molar-refractivity contribution is -0.206. The Bertz CT molecular complexity index is 3470. The van der Waals surface area contributed by atoms with Crippen LogP contribution in [0.2, 0.25) is 10.6 Å². The van der Waals surface area contributed by atoms with Crippen LogP contribution in [-0.4, -0.2) is 224 Å². The Morgan fingerprint density at radius 2 is 1.00 bits per heavy atom. The molecule has 0 spiro atoms. The van der Waals surface area contributed by atoms with Crippen LogP contribution in [0.5, 0.6) is 0 Å². The number of anilines is 2. The fraction of sp³-hybridized carbons (Fsp3) is 0.790. The van der Waals surface area contributed by atoms with Gasteiger partial charge in [0, 0.05) is 12.1 Å². The number of aliphatic hydroxyl groups is 1. The molecule has 95 heavy (non-hydrogen) atoms. The van der Waals surface area contributed by atoms with Crippen LogP contribution in [0.3, 0.4) is 0 Å². The molecule has 2 saturated carbocycles. The Kier molecular flexibility index (Phi) is 23.0. The molecular weight excluding hydrogens is 1320 g/mol. The first kappa shape index (κ1) is 74.9. The van der Waals surface area contributed by atoms with Crippen molar-refractivity contribution >= 4 is 89.3 Å². The molecule has 2 amide bonds. The van der Waals surface area contributed by atoms with Crippen LogP contribution in [0.25, 0.3) is 22.1 Å². The molecule has 29 nitrogen and oxygen atoms in total. The normalized spacial score (nSPS) is 25.9. The molecule has 6 aliphatic rings. The van der Waals surface area contributed by atoms with Crippen molar-refractivity contribution in [2.45, 2.75) is 236 Å². The van der Waals surface area contributed by atoms with E-state index in [9.17, 15) is 28.6 Å². The van der Waals surface area contributed by atoms with Gasteiger partial charge in [-0.2, -0.15) is 30.1 Å². The molecule has 532 valence electrons. The molecule has 4 saturated heterocycles. The molecule has 0 aromatic carbocycles. The fourth-order valence-electron chi connectivity index (χ4n) is 12.3. The van der Waals surface area contributed by atoms with Crippen LogP contribution in [0.4, 0.5) is 21.2 Å². The van der Waals surface area contributed by atoms with Crippen molar-refractivity contribution in [3.63, 3.8) is 0 Å². The third kappa shape index (κ3) is 17.3. The van der Waals surface area contributed by atoms with Crippen molar-refractivity contribution in [3.05, 3.63) is 23.0 Å². The maximum absolute atomic E-state index is 13.6. The first-order chi connectivity index (χ1) is 44.3. The van der Waals surface area contributed by atoms with Gasteiger partial charge < -0.3 is 75.8 Å². The molecule has 33 heteroatoms. The summed E-state index contributed by atoms with van der Waals surface area (Å²) in [5.74, 6) is -1.78. The summed E-state index contributed by atoms with van der Waals surface area (Å²) in [6.07, 6.45) is 3.93. The summed E-state index contributed by atoms with van der Waals surface area (Å²) in [5.41, 5.74) is -0.746. The van der Waals surface area contributed by atoms with Gasteiger partial charge in [-0.3, -0.25) is 9.80 Å². The number of aliphatic hydroxyl groups excluding tert-OH is 1. The number of carbonyl (C=O) groups is 3. The van der Waals surface area contributed by atoms with Gasteiger partial charge in [0.1, 0.15) is 79.4 Å². The largest absolute Gasteiger partial charge is 0.464 e. The van der Waals surface area contributed by atoms with E-state index in [1.54, 1.807) is 92.8 Å². The van der Waals surface area contributed by atoms with Gasteiger partial charge in [-0.15, -0.1) is 0 Å². The van der Waals surface area contributed by atoms with Crippen molar-refractivity contribution < 1.29 is 90.2 Å². The van der Waals surface area contributed by atoms with Gasteiger partial charge in [0.25, 0.3) is 0 Å². The summed E-state index contributed by atoms with van der Waals surface area (Å²) in [5, 5.41) is 17.0. The SMILES string of the molecule is CC(C)(C)OC(=O)N(c1nc(Cl)nc2c1cnn2[C@@H]1O[C@H](COC(C)(COCCO)P(C)(C)=O)[C@H]2OC(C)(C)O[C@H]21)C1CCCC1.CCOC(=O)COCC(C)(OC[C@H]1O[C@@H](n2ncc3c(N(C(=O)OC(C)(C)C)C4CCCC4)nc(Cl)nc32)[C@@H]2OC(C)(C)O[C@@H]21)P(C)(C)=O. The highest BCUT2D eigenvalue weighted by atomic mass is 35.5. The van der Waals surface area contributed by atoms with Gasteiger partial charge >= 0.3 is 18.2 Å². The maximum atomic E-state index is 13.6. The molecule has 4 aromatic rings. The summed E-state index contributed by atoms with van der Waals surface area (Å²) in [7, 11) is -5.77. The van der Waals surface area contributed by atoms with Gasteiger partial charge in [-0.05, 0) is 166 Å². The molecule has 0 bridgehead atoms. The zero-order valence-corrected chi connectivity index (χ0v) is 61.0. The van der Waals surface area contributed by atoms with Crippen LogP contribution in [0.15, 0.2) is 12.4 Å². The van der Waals surface area contributed by atoms with Crippen LogP contribution < -0.4 is 9.80 Å². The zero-order valence-electron chi connectivity index (χ0n) is 57.7. The number of ether oxygens (including phenoxy) is 13. The van der Waals surface area contributed by atoms with Crippen molar-refractivity contribution in [1.82, 2.24) is 39.5 Å². The highest BCUT2D eigenvalue weighted by Crippen LogP contribution is 2.55. The molecule has 2 aliphatic carbocycles. The Morgan fingerprint density at radius 3 is 1.36 bits per heavy atom. The molecule has 0 radical (unpaired) electrons. The Hall–Kier alpha value is -4.29. The summed E-state index contributed by atoms with van der Waals surface area (Å²) >= 11 is 13.0. The van der Waals surface area contributed by atoms with Crippen LogP contribution in [0.1, 0.15) is 154 Å². The monoisotopic (exact) mass is 1420 g/mol. The molecule has 6 fully saturated rings. The summed E-state index contributed by atoms with van der Waals surface area (Å²) < 4.78 is 108. The average Bonchev–Trinajstić information content (AvgIpc) is 1.66. The maximum Gasteiger partial charge on any atom is 0.416 e. The minimum atomic E-state index is -2.94. The number of hydrogen-bond acceptors (Lipinski definition) is 25. The lowest BCUT2D eigenvalue weighted by Crippen LogP contribution is -2.43. The number of carbonyl (C=O) groups excluding carboxylic acids is 3. The zero-order chi connectivity index (χ0) is 69.6. The number of halogens is 2. The van der Waals surface area contributed by atoms with Gasteiger partial charge in [0.2, 0.25) is 10.6 Å². The van der Waals surface area contributed by atoms with E-state index in [4.69, 9.17) is 84.8 Å². The molecule has 2 unspecified atom stereocenters. The van der Waals surface area contributed by atoms with Gasteiger partial charge in [0.15, 0.2) is 47.0 Å². The number of hydrogen-bond donors (Lipinski definition) is 1. The predicted molar refractivity (Wildman–Crippen MR) is 351 cm³/mol. The Morgan fingerprint density at radius 1 is 0.621 bits per heavy atom. The first-order valence-corrected chi connectivity index (χ1v) is 38.4. The highest BCUT2D eigenvalue weighted by Gasteiger charge is 2.59. The van der Waals surface area contributed by atoms with E-state index in [1.165, 1.54) is 0 Å². The van der Waals surface area contributed by atoms with Gasteiger partial charge in [0.05, 0.1) is 69.4 Å². The minimum Gasteiger partial charge on any atom is -0.464 e. The standard InChI is InChI=1S/C32H49ClN5O10P.C30H47ClN5O9P/c1-10-43-22(39)17-42-18-32(7,49(8,9)41)44-16-21-23-24(47-31(5,6)46-23)27(45-21)38-26-20(15-34-38)25(35-28(33)36-26)37(19-13-11-12-14-19)29(40)48-30(2,3)4;1-28(2,3)45-27(38)35(18-11-9-10-12-18)23-19-15-32-36(24(19)34-26(31)33-23)25-22-21(43-29(4,5)44-22)20(42-25)16-41-30(6,46(7,8)39)17-40-14-13-37/h15,19,21,23-24,27H,10-14,16-18H2,1-9H3;15,18,20-22,25,37H,9-14,16-17H2,1-8H3/t21-,23-,24-,27-,32?;20-,21-,22-,25-,30?/m11/s1. The molecule has 10 rings (SSSR count). The quantitative estimate of drug-likeness (QED) is 0.0237. The number of fused-ring (bicyclic) bond motifs is 4. The van der Waals surface area contributed by atoms with E-state index in [0.717, 1.165) is 51.4 Å². The Balaban J connectivity index is 0.000000224. The number of rotatable bonds is 23. The van der Waals surface area contributed by atoms with Crippen LogP contribution >= 0.6 is 37.5 Å². The first-order valence-electron chi connectivity index (χ1n) is 32.4. The van der Waals surface area contributed by atoms with Crippen molar-refractivity contribution in [2.75, 3.05) is 89.3 Å². The van der Waals surface area contributed by atoms with E-state index in [0.29, 0.717) is 33.7 Å². The molecule has 8 heterocycles. The fourth-order valence-corrected chi connectivity index (χ4v) is 14.2. The van der Waals surface area contributed by atoms with Crippen molar-refractivity contribution in [1.29, 1.82) is 0 Å². The van der Waals surface area contributed by atoms with E-state index in [1.807, 2.05) is 55.4 Å². The van der Waals surface area contributed by atoms with Crippen molar-refractivity contribution in [3.8, 4) is 0 Å². The van der Waals surface area contributed by atoms with Gasteiger partial charge in [-0.1, -0.05) is 25.7 Å². The van der Waals surface area contributed by atoms with Crippen LogP contribution in [-0.2, 0) is 75.5 Å². The molecule has 10 atom stereocenters. The second-order valence-electron chi connectivity index (χ2n) is 28.9. The minimum absolute atomic E-state index is 0.0239. The third-order valence-electron chi connectivity index (χ3n) is 17.5. The Labute approximate surface area is 564 Å². The number of esters is 1. The van der Waals surface area contributed by atoms with Crippen molar-refractivity contribution in [2.24, 2.45) is 0 Å². The second-order valence-corrected chi connectivity index (χ2v) is 36.8. The predicted octanol–water partition coefficient (Wildman–Crippen LogP) is 10.5. The molecular formula is C62H96Cl2N10O19P2. The lowest BCUT2D eigenvalue weighted by Gasteiger charge is -2.35. The second kappa shape index (κ2) is 29.1. The lowest BCUT2D eigenvalue weighted by atomic mass is 10.1. The molecule has 4 aliphatic heterocycles. The third-order valence-corrected chi connectivity index (χ3v) is 22.9. The number of aromatic nitrogens is 8. The van der Waals surface area contributed by atoms with E-state index < -0.39 is 115 Å². The average molecular weight is 1420 g/mol. The number of nitrogens with zero attached hydrogens (tertiary/aromatic N) is 10. The summed E-state index contributed by atoms with van der Waals surface area (Å²) in [4.78, 5) is 60.3. The summed E-state index contributed by atoms with van der Waals surface area (Å²) in [6, 6.07) is -0.241. The van der Waals surface area contributed by atoms with Crippen LogP contribution in [0, 0.1) is 0 Å².